The van der Waals surface area contributed by atoms with Crippen LogP contribution in [-0.4, -0.2) is 9.55 Å². The lowest BCUT2D eigenvalue weighted by Gasteiger charge is -2.08. The summed E-state index contributed by atoms with van der Waals surface area (Å²) in [6.07, 6.45) is 1.49. The Labute approximate surface area is 83.9 Å². The van der Waals surface area contributed by atoms with Crippen molar-refractivity contribution in [1.82, 2.24) is 9.55 Å². The van der Waals surface area contributed by atoms with E-state index in [-0.39, 0.29) is 5.69 Å². The average molecular weight is 227 g/mol. The highest BCUT2D eigenvalue weighted by Crippen LogP contribution is 2.35. The van der Waals surface area contributed by atoms with Crippen LogP contribution in [-0.2, 0) is 10.8 Å². The van der Waals surface area contributed by atoms with Gasteiger partial charge >= 0.3 is 5.69 Å². The van der Waals surface area contributed by atoms with Crippen molar-refractivity contribution in [2.24, 2.45) is 7.05 Å². The lowest BCUT2D eigenvalue weighted by molar-refractivity contribution is 0.790. The monoisotopic (exact) mass is 226 g/mol. The molecule has 66 valence electrons. The van der Waals surface area contributed by atoms with Crippen LogP contribution in [0.5, 0.6) is 0 Å². The van der Waals surface area contributed by atoms with Crippen LogP contribution < -0.4 is 5.69 Å². The summed E-state index contributed by atoms with van der Waals surface area (Å²) in [7, 11) is 1.57. The van der Waals surface area contributed by atoms with Crippen molar-refractivity contribution in [3.05, 3.63) is 28.4 Å². The molecular weight excluding hydrogens is 222 g/mol. The lowest BCUT2D eigenvalue weighted by atomic mass is 10.4. The van der Waals surface area contributed by atoms with E-state index in [1.54, 1.807) is 7.05 Å². The van der Waals surface area contributed by atoms with Crippen LogP contribution in [0.15, 0.2) is 17.1 Å². The molecule has 1 heterocycles. The second-order valence-corrected chi connectivity index (χ2v) is 4.49. The summed E-state index contributed by atoms with van der Waals surface area (Å²) in [6, 6.07) is 1.48. The topological polar surface area (TPSA) is 34.9 Å². The first-order valence-corrected chi connectivity index (χ1v) is 4.15. The van der Waals surface area contributed by atoms with Crippen LogP contribution in [0.1, 0.15) is 5.69 Å². The molecule has 1 aromatic rings. The lowest BCUT2D eigenvalue weighted by Crippen LogP contribution is -2.22. The SMILES string of the molecule is Cn1ccc(C(Cl)(Cl)Cl)nc1=O. The first-order valence-electron chi connectivity index (χ1n) is 3.02. The maximum absolute atomic E-state index is 11.0. The summed E-state index contributed by atoms with van der Waals surface area (Å²) >= 11 is 16.5. The van der Waals surface area contributed by atoms with E-state index in [0.29, 0.717) is 0 Å². The van der Waals surface area contributed by atoms with Gasteiger partial charge in [0, 0.05) is 13.2 Å². The normalized spacial score (nSPS) is 11.7. The Morgan fingerprint density at radius 1 is 1.50 bits per heavy atom. The van der Waals surface area contributed by atoms with Crippen LogP contribution in [0.4, 0.5) is 0 Å². The Bertz CT molecular complexity index is 341. The smallest absolute Gasteiger partial charge is 0.302 e. The zero-order valence-corrected chi connectivity index (χ0v) is 8.36. The quantitative estimate of drug-likeness (QED) is 0.631. The molecule has 3 nitrogen and oxygen atoms in total. The molecule has 0 saturated carbocycles. The molecule has 0 radical (unpaired) electrons. The summed E-state index contributed by atoms with van der Waals surface area (Å²) in [4.78, 5) is 14.5. The third-order valence-corrected chi connectivity index (χ3v) is 1.85. The van der Waals surface area contributed by atoms with E-state index < -0.39 is 9.48 Å². The average Bonchev–Trinajstić information content (AvgIpc) is 1.92. The van der Waals surface area contributed by atoms with Gasteiger partial charge in [-0.2, -0.15) is 4.98 Å². The van der Waals surface area contributed by atoms with Crippen LogP contribution in [0.25, 0.3) is 0 Å². The number of rotatable bonds is 0. The van der Waals surface area contributed by atoms with E-state index in [9.17, 15) is 4.79 Å². The van der Waals surface area contributed by atoms with Gasteiger partial charge in [0.05, 0.1) is 5.69 Å². The molecule has 0 atom stereocenters. The Kier molecular flexibility index (Phi) is 2.66. The summed E-state index contributed by atoms with van der Waals surface area (Å²) in [6.45, 7) is 0. The van der Waals surface area contributed by atoms with Gasteiger partial charge in [0.2, 0.25) is 3.79 Å². The van der Waals surface area contributed by atoms with Gasteiger partial charge in [-0.3, -0.25) is 0 Å². The molecule has 0 bridgehead atoms. The molecule has 0 amide bonds. The Morgan fingerprint density at radius 3 is 2.50 bits per heavy atom. The molecule has 12 heavy (non-hydrogen) atoms. The van der Waals surface area contributed by atoms with Crippen molar-refractivity contribution in [2.45, 2.75) is 3.79 Å². The van der Waals surface area contributed by atoms with Crippen LogP contribution in [0, 0.1) is 0 Å². The van der Waals surface area contributed by atoms with Crippen molar-refractivity contribution < 1.29 is 0 Å². The highest BCUT2D eigenvalue weighted by Gasteiger charge is 2.24. The largest absolute Gasteiger partial charge is 0.347 e. The molecule has 0 aliphatic rings. The van der Waals surface area contributed by atoms with E-state index in [1.165, 1.54) is 16.8 Å². The molecule has 0 fully saturated rings. The standard InChI is InChI=1S/C6H5Cl3N2O/c1-11-3-2-4(6(7,8)9)10-5(11)12/h2-3H,1H3. The fourth-order valence-electron chi connectivity index (χ4n) is 0.623. The van der Waals surface area contributed by atoms with Crippen molar-refractivity contribution in [2.75, 3.05) is 0 Å². The summed E-state index contributed by atoms with van der Waals surface area (Å²) in [5.74, 6) is 0. The molecule has 0 aliphatic carbocycles. The maximum Gasteiger partial charge on any atom is 0.347 e. The molecular formula is C6H5Cl3N2O. The fraction of sp³-hybridized carbons (Fsp3) is 0.333. The molecule has 6 heteroatoms. The molecule has 0 unspecified atom stereocenters. The summed E-state index contributed by atoms with van der Waals surface area (Å²) in [5, 5.41) is 0. The minimum absolute atomic E-state index is 0.135. The minimum Gasteiger partial charge on any atom is -0.302 e. The van der Waals surface area contributed by atoms with Gasteiger partial charge in [-0.05, 0) is 6.07 Å². The molecule has 0 N–H and O–H groups in total. The Morgan fingerprint density at radius 2 is 2.08 bits per heavy atom. The van der Waals surface area contributed by atoms with E-state index in [2.05, 4.69) is 4.98 Å². The maximum atomic E-state index is 11.0. The highest BCUT2D eigenvalue weighted by molar-refractivity contribution is 6.66. The third kappa shape index (κ3) is 2.12. The minimum atomic E-state index is -1.63. The van der Waals surface area contributed by atoms with Crippen LogP contribution in [0.3, 0.4) is 0 Å². The molecule has 0 aromatic carbocycles. The third-order valence-electron chi connectivity index (χ3n) is 1.26. The summed E-state index contributed by atoms with van der Waals surface area (Å²) in [5.41, 5.74) is -0.311. The second kappa shape index (κ2) is 3.24. The molecule has 0 spiro atoms. The number of aromatic nitrogens is 2. The predicted octanol–water partition coefficient (Wildman–Crippen LogP) is 1.61. The number of alkyl halides is 3. The van der Waals surface area contributed by atoms with E-state index >= 15 is 0 Å². The Balaban J connectivity index is 3.23. The van der Waals surface area contributed by atoms with Gasteiger partial charge in [-0.1, -0.05) is 34.8 Å². The van der Waals surface area contributed by atoms with E-state index in [0.717, 1.165) is 0 Å². The first kappa shape index (κ1) is 9.84. The number of aryl methyl sites for hydroxylation is 1. The van der Waals surface area contributed by atoms with Gasteiger partial charge < -0.3 is 4.57 Å². The number of hydrogen-bond acceptors (Lipinski definition) is 2. The predicted molar refractivity (Wildman–Crippen MR) is 48.7 cm³/mol. The molecule has 0 saturated heterocycles. The van der Waals surface area contributed by atoms with E-state index in [1.807, 2.05) is 0 Å². The molecule has 0 aliphatic heterocycles. The summed E-state index contributed by atoms with van der Waals surface area (Å²) < 4.78 is -0.340. The van der Waals surface area contributed by atoms with Gasteiger partial charge in [0.25, 0.3) is 0 Å². The molecule has 1 rings (SSSR count). The number of hydrogen-bond donors (Lipinski definition) is 0. The van der Waals surface area contributed by atoms with Crippen molar-refractivity contribution in [3.63, 3.8) is 0 Å². The molecule has 1 aromatic heterocycles. The number of halogens is 3. The zero-order chi connectivity index (χ0) is 9.35. The second-order valence-electron chi connectivity index (χ2n) is 2.20. The Hall–Kier alpha value is -0.250. The fourth-order valence-corrected chi connectivity index (χ4v) is 0.939. The first-order chi connectivity index (χ1) is 5.41. The number of nitrogens with zero attached hydrogens (tertiary/aromatic N) is 2. The van der Waals surface area contributed by atoms with Gasteiger partial charge in [-0.15, -0.1) is 0 Å². The zero-order valence-electron chi connectivity index (χ0n) is 6.09. The van der Waals surface area contributed by atoms with E-state index in [4.69, 9.17) is 34.8 Å². The van der Waals surface area contributed by atoms with Gasteiger partial charge in [0.15, 0.2) is 0 Å². The highest BCUT2D eigenvalue weighted by atomic mass is 35.6. The van der Waals surface area contributed by atoms with Crippen LogP contribution >= 0.6 is 34.8 Å². The van der Waals surface area contributed by atoms with Crippen molar-refractivity contribution in [1.29, 1.82) is 0 Å². The van der Waals surface area contributed by atoms with Gasteiger partial charge in [0.1, 0.15) is 0 Å². The van der Waals surface area contributed by atoms with Crippen molar-refractivity contribution >= 4 is 34.8 Å². The van der Waals surface area contributed by atoms with Crippen molar-refractivity contribution in [3.8, 4) is 0 Å². The van der Waals surface area contributed by atoms with Gasteiger partial charge in [-0.25, -0.2) is 4.79 Å². The van der Waals surface area contributed by atoms with Crippen LogP contribution in [0.2, 0.25) is 0 Å².